The highest BCUT2D eigenvalue weighted by atomic mass is 19.3. The fraction of sp³-hybridized carbons (Fsp3) is 1.00. The van der Waals surface area contributed by atoms with Crippen molar-refractivity contribution in [2.24, 2.45) is 5.92 Å². The Morgan fingerprint density at radius 3 is 2.60 bits per heavy atom. The molecule has 1 aliphatic heterocycles. The SMILES string of the molecule is CN1CCC[C@@H](C(F)F)C1. The zero-order valence-corrected chi connectivity index (χ0v) is 6.19. The maximum absolute atomic E-state index is 12.1. The molecule has 0 unspecified atom stereocenters. The second kappa shape index (κ2) is 3.28. The number of hydrogen-bond acceptors (Lipinski definition) is 1. The van der Waals surface area contributed by atoms with Crippen molar-refractivity contribution in [1.82, 2.24) is 4.90 Å². The molecule has 1 nitrogen and oxygen atoms in total. The topological polar surface area (TPSA) is 3.24 Å². The van der Waals surface area contributed by atoms with Gasteiger partial charge in [0.1, 0.15) is 0 Å². The molecule has 1 heterocycles. The van der Waals surface area contributed by atoms with Gasteiger partial charge >= 0.3 is 0 Å². The summed E-state index contributed by atoms with van der Waals surface area (Å²) in [6.07, 6.45) is -0.504. The van der Waals surface area contributed by atoms with Crippen molar-refractivity contribution in [1.29, 1.82) is 0 Å². The molecule has 0 spiro atoms. The van der Waals surface area contributed by atoms with Gasteiger partial charge in [-0.05, 0) is 26.4 Å². The maximum Gasteiger partial charge on any atom is 0.242 e. The van der Waals surface area contributed by atoms with Crippen LogP contribution in [0.25, 0.3) is 0 Å². The van der Waals surface area contributed by atoms with Gasteiger partial charge in [-0.3, -0.25) is 0 Å². The lowest BCUT2D eigenvalue weighted by atomic mass is 9.99. The molecule has 0 radical (unpaired) electrons. The van der Waals surface area contributed by atoms with Crippen molar-refractivity contribution in [3.63, 3.8) is 0 Å². The van der Waals surface area contributed by atoms with Gasteiger partial charge < -0.3 is 4.90 Å². The Morgan fingerprint density at radius 2 is 2.20 bits per heavy atom. The number of nitrogens with zero attached hydrogens (tertiary/aromatic N) is 1. The first-order chi connectivity index (χ1) is 4.70. The Hall–Kier alpha value is -0.180. The van der Waals surface area contributed by atoms with Gasteiger partial charge in [0.15, 0.2) is 0 Å². The van der Waals surface area contributed by atoms with Crippen LogP contribution in [0.15, 0.2) is 0 Å². The van der Waals surface area contributed by atoms with Crippen molar-refractivity contribution >= 4 is 0 Å². The van der Waals surface area contributed by atoms with E-state index in [4.69, 9.17) is 0 Å². The highest BCUT2D eigenvalue weighted by Crippen LogP contribution is 2.21. The Balaban J connectivity index is 2.32. The van der Waals surface area contributed by atoms with Gasteiger partial charge in [-0.25, -0.2) is 8.78 Å². The second-order valence-electron chi connectivity index (χ2n) is 3.00. The van der Waals surface area contributed by atoms with E-state index in [0.717, 1.165) is 13.0 Å². The minimum Gasteiger partial charge on any atom is -0.306 e. The van der Waals surface area contributed by atoms with E-state index in [9.17, 15) is 8.78 Å². The molecule has 0 aromatic carbocycles. The van der Waals surface area contributed by atoms with Crippen LogP contribution >= 0.6 is 0 Å². The summed E-state index contributed by atoms with van der Waals surface area (Å²) in [5.41, 5.74) is 0. The monoisotopic (exact) mass is 149 g/mol. The van der Waals surface area contributed by atoms with E-state index in [1.807, 2.05) is 11.9 Å². The second-order valence-corrected chi connectivity index (χ2v) is 3.00. The highest BCUT2D eigenvalue weighted by molar-refractivity contribution is 4.71. The fourth-order valence-electron chi connectivity index (χ4n) is 1.41. The largest absolute Gasteiger partial charge is 0.306 e. The minimum absolute atomic E-state index is 0.376. The molecule has 0 bridgehead atoms. The van der Waals surface area contributed by atoms with Crippen molar-refractivity contribution in [2.75, 3.05) is 20.1 Å². The van der Waals surface area contributed by atoms with Crippen LogP contribution in [-0.2, 0) is 0 Å². The summed E-state index contributed by atoms with van der Waals surface area (Å²) < 4.78 is 24.1. The normalized spacial score (nSPS) is 29.4. The predicted molar refractivity (Wildman–Crippen MR) is 36.2 cm³/mol. The van der Waals surface area contributed by atoms with Gasteiger partial charge in [0.2, 0.25) is 6.43 Å². The Morgan fingerprint density at radius 1 is 1.50 bits per heavy atom. The van der Waals surface area contributed by atoms with Gasteiger partial charge in [0.25, 0.3) is 0 Å². The molecule has 0 aliphatic carbocycles. The van der Waals surface area contributed by atoms with Crippen LogP contribution in [0, 0.1) is 5.92 Å². The number of halogens is 2. The highest BCUT2D eigenvalue weighted by Gasteiger charge is 2.24. The van der Waals surface area contributed by atoms with Crippen LogP contribution in [0.1, 0.15) is 12.8 Å². The summed E-state index contributed by atoms with van der Waals surface area (Å²) in [7, 11) is 1.90. The van der Waals surface area contributed by atoms with Crippen molar-refractivity contribution < 1.29 is 8.78 Å². The van der Waals surface area contributed by atoms with E-state index >= 15 is 0 Å². The molecular weight excluding hydrogens is 136 g/mol. The van der Waals surface area contributed by atoms with Gasteiger partial charge in [0.05, 0.1) is 0 Å². The van der Waals surface area contributed by atoms with Crippen LogP contribution < -0.4 is 0 Å². The average molecular weight is 149 g/mol. The number of alkyl halides is 2. The number of likely N-dealkylation sites (tertiary alicyclic amines) is 1. The Kier molecular flexibility index (Phi) is 2.60. The molecule has 10 heavy (non-hydrogen) atoms. The number of piperidine rings is 1. The molecule has 0 N–H and O–H groups in total. The van der Waals surface area contributed by atoms with Crippen LogP contribution in [0.5, 0.6) is 0 Å². The average Bonchev–Trinajstić information content (AvgIpc) is 1.88. The molecule has 1 fully saturated rings. The first-order valence-corrected chi connectivity index (χ1v) is 3.67. The summed E-state index contributed by atoms with van der Waals surface area (Å²) in [4.78, 5) is 1.97. The number of rotatable bonds is 1. The third-order valence-electron chi connectivity index (χ3n) is 2.02. The predicted octanol–water partition coefficient (Wildman–Crippen LogP) is 1.59. The summed E-state index contributed by atoms with van der Waals surface area (Å²) in [5.74, 6) is -0.376. The molecule has 1 saturated heterocycles. The van der Waals surface area contributed by atoms with Crippen molar-refractivity contribution in [2.45, 2.75) is 19.3 Å². The van der Waals surface area contributed by atoms with Crippen LogP contribution in [-0.4, -0.2) is 31.5 Å². The van der Waals surface area contributed by atoms with Crippen molar-refractivity contribution in [3.05, 3.63) is 0 Å². The van der Waals surface area contributed by atoms with Crippen molar-refractivity contribution in [3.8, 4) is 0 Å². The van der Waals surface area contributed by atoms with E-state index in [1.165, 1.54) is 0 Å². The Bertz CT molecular complexity index is 106. The van der Waals surface area contributed by atoms with Gasteiger partial charge in [0, 0.05) is 12.5 Å². The molecule has 3 heteroatoms. The third kappa shape index (κ3) is 1.90. The van der Waals surface area contributed by atoms with E-state index < -0.39 is 6.43 Å². The molecule has 1 atom stereocenters. The van der Waals surface area contributed by atoms with E-state index in [0.29, 0.717) is 13.0 Å². The van der Waals surface area contributed by atoms with E-state index in [2.05, 4.69) is 0 Å². The third-order valence-corrected chi connectivity index (χ3v) is 2.02. The molecule has 0 aromatic rings. The lowest BCUT2D eigenvalue weighted by Gasteiger charge is -2.28. The summed E-state index contributed by atoms with van der Waals surface area (Å²) >= 11 is 0. The van der Waals surface area contributed by atoms with Crippen LogP contribution in [0.2, 0.25) is 0 Å². The van der Waals surface area contributed by atoms with E-state index in [1.54, 1.807) is 0 Å². The van der Waals surface area contributed by atoms with Crippen LogP contribution in [0.4, 0.5) is 8.78 Å². The molecule has 1 rings (SSSR count). The molecular formula is C7H13F2N. The first-order valence-electron chi connectivity index (χ1n) is 3.67. The standard InChI is InChI=1S/C7H13F2N/c1-10-4-2-3-6(5-10)7(8)9/h6-7H,2-5H2,1H3/t6-/m1/s1. The van der Waals surface area contributed by atoms with Gasteiger partial charge in [-0.15, -0.1) is 0 Å². The Labute approximate surface area is 60.0 Å². The lowest BCUT2D eigenvalue weighted by Crippen LogP contribution is -2.35. The van der Waals surface area contributed by atoms with Gasteiger partial charge in [-0.2, -0.15) is 0 Å². The van der Waals surface area contributed by atoms with E-state index in [-0.39, 0.29) is 5.92 Å². The maximum atomic E-state index is 12.1. The zero-order chi connectivity index (χ0) is 7.56. The smallest absolute Gasteiger partial charge is 0.242 e. The lowest BCUT2D eigenvalue weighted by molar-refractivity contribution is 0.0349. The molecule has 0 saturated carbocycles. The van der Waals surface area contributed by atoms with Crippen LogP contribution in [0.3, 0.4) is 0 Å². The quantitative estimate of drug-likeness (QED) is 0.547. The molecule has 60 valence electrons. The zero-order valence-electron chi connectivity index (χ0n) is 6.19. The number of hydrogen-bond donors (Lipinski definition) is 0. The first kappa shape index (κ1) is 7.92. The molecule has 0 aromatic heterocycles. The summed E-state index contributed by atoms with van der Waals surface area (Å²) in [5, 5.41) is 0. The summed E-state index contributed by atoms with van der Waals surface area (Å²) in [6.45, 7) is 1.54. The van der Waals surface area contributed by atoms with Gasteiger partial charge in [-0.1, -0.05) is 0 Å². The summed E-state index contributed by atoms with van der Waals surface area (Å²) in [6, 6.07) is 0. The fourth-order valence-corrected chi connectivity index (χ4v) is 1.41. The minimum atomic E-state index is -2.12. The molecule has 1 aliphatic rings. The molecule has 0 amide bonds.